The molecule has 0 bridgehead atoms. The molecule has 5 heteroatoms. The van der Waals surface area contributed by atoms with Crippen LogP contribution in [-0.4, -0.2) is 9.55 Å². The molecule has 4 rings (SSSR count). The lowest BCUT2D eigenvalue weighted by atomic mass is 10.1. The topological polar surface area (TPSA) is 58.7 Å². The zero-order chi connectivity index (χ0) is 19.5. The molecule has 0 spiro atoms. The average molecular weight is 385 g/mol. The van der Waals surface area contributed by atoms with Crippen LogP contribution in [0.2, 0.25) is 0 Å². The van der Waals surface area contributed by atoms with Gasteiger partial charge in [0.1, 0.15) is 10.7 Å². The first-order valence-corrected chi connectivity index (χ1v) is 10.1. The van der Waals surface area contributed by atoms with Crippen molar-refractivity contribution in [3.63, 3.8) is 0 Å². The molecule has 4 aromatic rings. The van der Waals surface area contributed by atoms with Crippen LogP contribution in [0.5, 0.6) is 0 Å². The number of fused-ring (bicyclic) bond motifs is 1. The van der Waals surface area contributed by atoms with Crippen molar-refractivity contribution in [2.45, 2.75) is 26.3 Å². The van der Waals surface area contributed by atoms with Gasteiger partial charge in [0.15, 0.2) is 0 Å². The summed E-state index contributed by atoms with van der Waals surface area (Å²) < 4.78 is 1.77. The van der Waals surface area contributed by atoms with Gasteiger partial charge in [0.05, 0.1) is 23.6 Å². The first-order chi connectivity index (χ1) is 13.7. The Bertz CT molecular complexity index is 1230. The maximum atomic E-state index is 13.5. The standard InChI is InChI=1S/C23H19N3OS/c1-2-7-20-25-22-21(19(15-28-22)18-10-4-3-5-11-18)23(27)26(20)14-17-9-6-8-16(12-17)13-24/h3-6,8-12,15H,2,7,14H2,1H3. The molecule has 0 saturated carbocycles. The highest BCUT2D eigenvalue weighted by atomic mass is 32.1. The van der Waals surface area contributed by atoms with Crippen molar-refractivity contribution < 1.29 is 0 Å². The Balaban J connectivity index is 1.90. The minimum Gasteiger partial charge on any atom is -0.292 e. The number of nitrogens with zero attached hydrogens (tertiary/aromatic N) is 3. The van der Waals surface area contributed by atoms with Gasteiger partial charge in [-0.25, -0.2) is 4.98 Å². The molecule has 0 aliphatic carbocycles. The third-order valence-electron chi connectivity index (χ3n) is 4.73. The molecular formula is C23H19N3OS. The molecule has 2 heterocycles. The molecule has 0 fully saturated rings. The minimum absolute atomic E-state index is 0.0177. The second-order valence-corrected chi connectivity index (χ2v) is 7.54. The zero-order valence-corrected chi connectivity index (χ0v) is 16.4. The summed E-state index contributed by atoms with van der Waals surface area (Å²) >= 11 is 1.52. The summed E-state index contributed by atoms with van der Waals surface area (Å²) in [6, 6.07) is 19.5. The molecule has 138 valence electrons. The van der Waals surface area contributed by atoms with Crippen molar-refractivity contribution in [2.24, 2.45) is 0 Å². The Morgan fingerprint density at radius 1 is 1.14 bits per heavy atom. The third kappa shape index (κ3) is 3.35. The minimum atomic E-state index is -0.0177. The average Bonchev–Trinajstić information content (AvgIpc) is 3.16. The summed E-state index contributed by atoms with van der Waals surface area (Å²) in [7, 11) is 0. The smallest absolute Gasteiger partial charge is 0.263 e. The fourth-order valence-corrected chi connectivity index (χ4v) is 4.35. The third-order valence-corrected chi connectivity index (χ3v) is 5.60. The molecule has 0 radical (unpaired) electrons. The SMILES string of the molecule is CCCc1nc2scc(-c3ccccc3)c2c(=O)n1Cc1cccc(C#N)c1. The van der Waals surface area contributed by atoms with Crippen LogP contribution in [0, 0.1) is 11.3 Å². The van der Waals surface area contributed by atoms with Gasteiger partial charge >= 0.3 is 0 Å². The van der Waals surface area contributed by atoms with E-state index in [0.29, 0.717) is 17.5 Å². The molecule has 0 unspecified atom stereocenters. The Morgan fingerprint density at radius 2 is 1.96 bits per heavy atom. The van der Waals surface area contributed by atoms with Crippen molar-refractivity contribution in [2.75, 3.05) is 0 Å². The molecule has 0 atom stereocenters. The normalized spacial score (nSPS) is 10.9. The van der Waals surface area contributed by atoms with Gasteiger partial charge < -0.3 is 0 Å². The Morgan fingerprint density at radius 3 is 2.71 bits per heavy atom. The fourth-order valence-electron chi connectivity index (χ4n) is 3.40. The van der Waals surface area contributed by atoms with Gasteiger partial charge in [-0.3, -0.25) is 9.36 Å². The number of hydrogen-bond donors (Lipinski definition) is 0. The van der Waals surface area contributed by atoms with Gasteiger partial charge in [-0.05, 0) is 29.7 Å². The molecular weight excluding hydrogens is 366 g/mol. The second-order valence-electron chi connectivity index (χ2n) is 6.68. The monoisotopic (exact) mass is 385 g/mol. The molecule has 0 saturated heterocycles. The van der Waals surface area contributed by atoms with Crippen molar-refractivity contribution in [1.82, 2.24) is 9.55 Å². The molecule has 2 aromatic carbocycles. The first-order valence-electron chi connectivity index (χ1n) is 9.26. The largest absolute Gasteiger partial charge is 0.292 e. The van der Waals surface area contributed by atoms with Crippen LogP contribution >= 0.6 is 11.3 Å². The van der Waals surface area contributed by atoms with E-state index in [1.54, 1.807) is 10.6 Å². The number of aryl methyl sites for hydroxylation is 1. The molecule has 0 amide bonds. The van der Waals surface area contributed by atoms with E-state index in [9.17, 15) is 4.79 Å². The number of nitriles is 1. The van der Waals surface area contributed by atoms with Gasteiger partial charge in [0.25, 0.3) is 5.56 Å². The predicted molar refractivity (Wildman–Crippen MR) is 114 cm³/mol. The lowest BCUT2D eigenvalue weighted by Gasteiger charge is -2.13. The van der Waals surface area contributed by atoms with Crippen LogP contribution in [0.4, 0.5) is 0 Å². The Labute approximate surface area is 167 Å². The van der Waals surface area contributed by atoms with Crippen LogP contribution in [0.1, 0.15) is 30.3 Å². The molecule has 28 heavy (non-hydrogen) atoms. The molecule has 0 N–H and O–H groups in total. The maximum absolute atomic E-state index is 13.5. The zero-order valence-electron chi connectivity index (χ0n) is 15.6. The van der Waals surface area contributed by atoms with E-state index in [1.807, 2.05) is 53.9 Å². The van der Waals surface area contributed by atoms with Crippen LogP contribution < -0.4 is 5.56 Å². The van der Waals surface area contributed by atoms with E-state index in [0.717, 1.165) is 40.2 Å². The summed E-state index contributed by atoms with van der Waals surface area (Å²) in [6.07, 6.45) is 1.65. The highest BCUT2D eigenvalue weighted by Gasteiger charge is 2.17. The Kier molecular flexibility index (Phi) is 5.05. The van der Waals surface area contributed by atoms with E-state index < -0.39 is 0 Å². The fraction of sp³-hybridized carbons (Fsp3) is 0.174. The van der Waals surface area contributed by atoms with Gasteiger partial charge in [-0.1, -0.05) is 49.4 Å². The molecule has 0 aliphatic heterocycles. The van der Waals surface area contributed by atoms with E-state index in [1.165, 1.54) is 11.3 Å². The van der Waals surface area contributed by atoms with Crippen molar-refractivity contribution in [3.8, 4) is 17.2 Å². The second kappa shape index (κ2) is 7.79. The van der Waals surface area contributed by atoms with E-state index >= 15 is 0 Å². The van der Waals surface area contributed by atoms with Crippen LogP contribution in [0.3, 0.4) is 0 Å². The van der Waals surface area contributed by atoms with Crippen LogP contribution in [0.15, 0.2) is 64.8 Å². The van der Waals surface area contributed by atoms with Crippen LogP contribution in [-0.2, 0) is 13.0 Å². The highest BCUT2D eigenvalue weighted by molar-refractivity contribution is 7.17. The first kappa shape index (κ1) is 18.1. The predicted octanol–water partition coefficient (Wildman–Crippen LogP) is 5.00. The van der Waals surface area contributed by atoms with Crippen LogP contribution in [0.25, 0.3) is 21.3 Å². The number of aromatic nitrogens is 2. The molecule has 4 nitrogen and oxygen atoms in total. The number of benzene rings is 2. The summed E-state index contributed by atoms with van der Waals surface area (Å²) in [5.74, 6) is 0.795. The number of thiophene rings is 1. The quantitative estimate of drug-likeness (QED) is 0.486. The van der Waals surface area contributed by atoms with Gasteiger partial charge in [-0.2, -0.15) is 5.26 Å². The van der Waals surface area contributed by atoms with E-state index in [-0.39, 0.29) is 5.56 Å². The summed E-state index contributed by atoms with van der Waals surface area (Å²) in [6.45, 7) is 2.50. The van der Waals surface area contributed by atoms with Gasteiger partial charge in [0, 0.05) is 17.4 Å². The summed E-state index contributed by atoms with van der Waals surface area (Å²) in [4.78, 5) is 19.1. The Hall–Kier alpha value is -3.23. The van der Waals surface area contributed by atoms with Crippen molar-refractivity contribution in [3.05, 3.63) is 87.3 Å². The lowest BCUT2D eigenvalue weighted by Crippen LogP contribution is -2.25. The summed E-state index contributed by atoms with van der Waals surface area (Å²) in [5, 5.41) is 11.9. The van der Waals surface area contributed by atoms with Gasteiger partial charge in [0.2, 0.25) is 0 Å². The van der Waals surface area contributed by atoms with Crippen molar-refractivity contribution in [1.29, 1.82) is 5.26 Å². The summed E-state index contributed by atoms with van der Waals surface area (Å²) in [5.41, 5.74) is 3.46. The lowest BCUT2D eigenvalue weighted by molar-refractivity contribution is 0.666. The highest BCUT2D eigenvalue weighted by Crippen LogP contribution is 2.31. The van der Waals surface area contributed by atoms with Crippen molar-refractivity contribution >= 4 is 21.6 Å². The maximum Gasteiger partial charge on any atom is 0.263 e. The number of rotatable bonds is 5. The molecule has 2 aromatic heterocycles. The van der Waals surface area contributed by atoms with Gasteiger partial charge in [-0.15, -0.1) is 11.3 Å². The van der Waals surface area contributed by atoms with E-state index in [2.05, 4.69) is 13.0 Å². The molecule has 0 aliphatic rings. The van der Waals surface area contributed by atoms with E-state index in [4.69, 9.17) is 10.2 Å². The number of hydrogen-bond acceptors (Lipinski definition) is 4.